The summed E-state index contributed by atoms with van der Waals surface area (Å²) < 4.78 is 5.13. The third-order valence-electron chi connectivity index (χ3n) is 3.56. The molecule has 0 fully saturated rings. The molecule has 0 radical (unpaired) electrons. The van der Waals surface area contributed by atoms with E-state index in [2.05, 4.69) is 36.3 Å². The third-order valence-corrected chi connectivity index (χ3v) is 3.56. The predicted molar refractivity (Wildman–Crippen MR) is 108 cm³/mol. The van der Waals surface area contributed by atoms with Crippen LogP contribution in [0, 0.1) is 0 Å². The molecule has 0 aliphatic carbocycles. The number of hydrogen-bond acceptors (Lipinski definition) is 2. The monoisotopic (exact) mass is 425 g/mol. The minimum atomic E-state index is -0.0620. The molecule has 5 heteroatoms. The van der Waals surface area contributed by atoms with Crippen LogP contribution in [0.25, 0.3) is 0 Å². The number of guanidine groups is 1. The van der Waals surface area contributed by atoms with Crippen molar-refractivity contribution in [3.05, 3.63) is 60.2 Å². The minimum absolute atomic E-state index is 0. The van der Waals surface area contributed by atoms with E-state index in [-0.39, 0.29) is 29.4 Å². The van der Waals surface area contributed by atoms with Gasteiger partial charge < -0.3 is 15.8 Å². The summed E-state index contributed by atoms with van der Waals surface area (Å²) in [7, 11) is 1.64. The largest absolute Gasteiger partial charge is 0.497 e. The summed E-state index contributed by atoms with van der Waals surface area (Å²) in [5.74, 6) is 1.22. The first kappa shape index (κ1) is 19.3. The fourth-order valence-corrected chi connectivity index (χ4v) is 2.13. The van der Waals surface area contributed by atoms with Gasteiger partial charge in [0.25, 0.3) is 0 Å². The number of halogens is 1. The van der Waals surface area contributed by atoms with Crippen LogP contribution in [-0.4, -0.2) is 19.6 Å². The van der Waals surface area contributed by atoms with E-state index < -0.39 is 0 Å². The van der Waals surface area contributed by atoms with Gasteiger partial charge in [-0.15, -0.1) is 24.0 Å². The molecular formula is C18H24IN3O. The normalized spacial score (nSPS) is 11.5. The van der Waals surface area contributed by atoms with Crippen LogP contribution in [0.2, 0.25) is 0 Å². The van der Waals surface area contributed by atoms with Crippen molar-refractivity contribution in [1.82, 2.24) is 0 Å². The number of nitrogens with one attached hydrogen (secondary N) is 1. The van der Waals surface area contributed by atoms with Crippen molar-refractivity contribution in [1.29, 1.82) is 0 Å². The summed E-state index contributed by atoms with van der Waals surface area (Å²) in [4.78, 5) is 4.46. The Morgan fingerprint density at radius 2 is 1.70 bits per heavy atom. The number of ether oxygens (including phenoxy) is 1. The Morgan fingerprint density at radius 3 is 2.26 bits per heavy atom. The summed E-state index contributed by atoms with van der Waals surface area (Å²) in [5, 5.41) is 3.09. The third kappa shape index (κ3) is 5.74. The van der Waals surface area contributed by atoms with Gasteiger partial charge in [-0.3, -0.25) is 4.99 Å². The Hall–Kier alpha value is -1.76. The van der Waals surface area contributed by atoms with Crippen molar-refractivity contribution in [3.8, 4) is 5.75 Å². The maximum absolute atomic E-state index is 5.97. The molecule has 0 bridgehead atoms. The molecule has 0 heterocycles. The molecule has 0 amide bonds. The molecule has 3 N–H and O–H groups in total. The van der Waals surface area contributed by atoms with Gasteiger partial charge in [-0.05, 0) is 29.8 Å². The maximum Gasteiger partial charge on any atom is 0.193 e. The van der Waals surface area contributed by atoms with Gasteiger partial charge in [0.2, 0.25) is 0 Å². The molecule has 23 heavy (non-hydrogen) atoms. The first-order chi connectivity index (χ1) is 10.5. The lowest BCUT2D eigenvalue weighted by atomic mass is 9.85. The second-order valence-corrected chi connectivity index (χ2v) is 5.80. The van der Waals surface area contributed by atoms with Gasteiger partial charge in [0.05, 0.1) is 13.7 Å². The van der Waals surface area contributed by atoms with Gasteiger partial charge in [0, 0.05) is 11.1 Å². The summed E-state index contributed by atoms with van der Waals surface area (Å²) in [6.45, 7) is 4.94. The topological polar surface area (TPSA) is 59.6 Å². The molecular weight excluding hydrogens is 401 g/mol. The number of benzene rings is 2. The second-order valence-electron chi connectivity index (χ2n) is 5.80. The van der Waals surface area contributed by atoms with E-state index in [1.165, 1.54) is 5.56 Å². The zero-order valence-corrected chi connectivity index (χ0v) is 16.1. The van der Waals surface area contributed by atoms with Crippen molar-refractivity contribution in [3.63, 3.8) is 0 Å². The van der Waals surface area contributed by atoms with Crippen LogP contribution in [0.15, 0.2) is 59.6 Å². The first-order valence-electron chi connectivity index (χ1n) is 7.28. The predicted octanol–water partition coefficient (Wildman–Crippen LogP) is 4.02. The lowest BCUT2D eigenvalue weighted by molar-refractivity contribution is 0.415. The minimum Gasteiger partial charge on any atom is -0.497 e. The number of aliphatic imine (C=N–C) groups is 1. The maximum atomic E-state index is 5.97. The van der Waals surface area contributed by atoms with E-state index >= 15 is 0 Å². The van der Waals surface area contributed by atoms with E-state index in [4.69, 9.17) is 10.5 Å². The SMILES string of the molecule is COc1ccc(NC(N)=NCC(C)(C)c2ccccc2)cc1.I. The Bertz CT molecular complexity index is 624. The van der Waals surface area contributed by atoms with Crippen LogP contribution in [0.5, 0.6) is 5.75 Å². The fourth-order valence-electron chi connectivity index (χ4n) is 2.13. The Balaban J connectivity index is 0.00000264. The molecule has 0 aliphatic rings. The Kier molecular flexibility index (Phi) is 7.35. The zero-order valence-electron chi connectivity index (χ0n) is 13.7. The highest BCUT2D eigenvalue weighted by molar-refractivity contribution is 14.0. The van der Waals surface area contributed by atoms with Gasteiger partial charge in [-0.1, -0.05) is 44.2 Å². The smallest absolute Gasteiger partial charge is 0.193 e. The van der Waals surface area contributed by atoms with E-state index in [0.29, 0.717) is 12.5 Å². The highest BCUT2D eigenvalue weighted by Crippen LogP contribution is 2.23. The lowest BCUT2D eigenvalue weighted by Gasteiger charge is -2.23. The number of nitrogens with two attached hydrogens (primary N) is 1. The van der Waals surface area contributed by atoms with Gasteiger partial charge in [-0.2, -0.15) is 0 Å². The molecule has 2 rings (SSSR count). The second kappa shape index (κ2) is 8.76. The Labute approximate surface area is 155 Å². The molecule has 0 aromatic heterocycles. The average Bonchev–Trinajstić information content (AvgIpc) is 2.55. The van der Waals surface area contributed by atoms with Gasteiger partial charge in [0.15, 0.2) is 5.96 Å². The van der Waals surface area contributed by atoms with Gasteiger partial charge in [0.1, 0.15) is 5.75 Å². The van der Waals surface area contributed by atoms with Crippen LogP contribution < -0.4 is 15.8 Å². The number of hydrogen-bond donors (Lipinski definition) is 2. The molecule has 0 atom stereocenters. The summed E-state index contributed by atoms with van der Waals surface area (Å²) in [6, 6.07) is 17.9. The van der Waals surface area contributed by atoms with Crippen molar-refractivity contribution in [2.45, 2.75) is 19.3 Å². The molecule has 0 spiro atoms. The molecule has 0 saturated carbocycles. The molecule has 0 saturated heterocycles. The number of anilines is 1. The number of rotatable bonds is 5. The molecule has 4 nitrogen and oxygen atoms in total. The van der Waals surface area contributed by atoms with Crippen LogP contribution in [-0.2, 0) is 5.41 Å². The van der Waals surface area contributed by atoms with E-state index in [0.717, 1.165) is 11.4 Å². The van der Waals surface area contributed by atoms with E-state index in [1.54, 1.807) is 7.11 Å². The molecule has 2 aromatic rings. The van der Waals surface area contributed by atoms with Crippen molar-refractivity contribution in [2.75, 3.05) is 19.0 Å². The number of nitrogens with zero attached hydrogens (tertiary/aromatic N) is 1. The standard InChI is InChI=1S/C18H23N3O.HI/c1-18(2,14-7-5-4-6-8-14)13-20-17(19)21-15-9-11-16(22-3)12-10-15;/h4-12H,13H2,1-3H3,(H3,19,20,21);1H. The summed E-state index contributed by atoms with van der Waals surface area (Å²) in [6.07, 6.45) is 0. The lowest BCUT2D eigenvalue weighted by Crippen LogP contribution is -2.27. The van der Waals surface area contributed by atoms with Crippen molar-refractivity contribution >= 4 is 35.6 Å². The van der Waals surface area contributed by atoms with Crippen molar-refractivity contribution in [2.24, 2.45) is 10.7 Å². The van der Waals surface area contributed by atoms with Crippen LogP contribution in [0.3, 0.4) is 0 Å². The van der Waals surface area contributed by atoms with E-state index in [9.17, 15) is 0 Å². The van der Waals surface area contributed by atoms with Gasteiger partial charge in [-0.25, -0.2) is 0 Å². The average molecular weight is 425 g/mol. The van der Waals surface area contributed by atoms with Crippen LogP contribution in [0.4, 0.5) is 5.69 Å². The van der Waals surface area contributed by atoms with Crippen molar-refractivity contribution < 1.29 is 4.74 Å². The Morgan fingerprint density at radius 1 is 1.09 bits per heavy atom. The van der Waals surface area contributed by atoms with Crippen LogP contribution >= 0.6 is 24.0 Å². The zero-order chi connectivity index (χ0) is 16.0. The summed E-state index contributed by atoms with van der Waals surface area (Å²) >= 11 is 0. The number of methoxy groups -OCH3 is 1. The van der Waals surface area contributed by atoms with E-state index in [1.807, 2.05) is 42.5 Å². The quantitative estimate of drug-likeness (QED) is 0.432. The fraction of sp³-hybridized carbons (Fsp3) is 0.278. The van der Waals surface area contributed by atoms with Gasteiger partial charge >= 0.3 is 0 Å². The summed E-state index contributed by atoms with van der Waals surface area (Å²) in [5.41, 5.74) is 8.04. The first-order valence-corrected chi connectivity index (χ1v) is 7.28. The highest BCUT2D eigenvalue weighted by Gasteiger charge is 2.19. The molecule has 124 valence electrons. The van der Waals surface area contributed by atoms with Crippen LogP contribution in [0.1, 0.15) is 19.4 Å². The molecule has 0 aliphatic heterocycles. The highest BCUT2D eigenvalue weighted by atomic mass is 127. The molecule has 0 unspecified atom stereocenters. The molecule has 2 aromatic carbocycles.